The molecule has 16 heavy (non-hydrogen) atoms. The summed E-state index contributed by atoms with van der Waals surface area (Å²) in [5.41, 5.74) is 0. The molecule has 0 amide bonds. The molecule has 0 bridgehead atoms. The third kappa shape index (κ3) is 2.55. The summed E-state index contributed by atoms with van der Waals surface area (Å²) in [7, 11) is -6.78. The van der Waals surface area contributed by atoms with Crippen LogP contribution in [0, 0.1) is 17.8 Å². The molecule has 6 nitrogen and oxygen atoms in total. The van der Waals surface area contributed by atoms with E-state index in [1.165, 1.54) is 0 Å². The fraction of sp³-hybridized carbons (Fsp3) is 1.00. The smallest absolute Gasteiger partial charge is 0.267 e. The Morgan fingerprint density at radius 3 is 1.56 bits per heavy atom. The first kappa shape index (κ1) is 12.3. The van der Waals surface area contributed by atoms with Crippen LogP contribution >= 0.6 is 0 Å². The van der Waals surface area contributed by atoms with Crippen LogP contribution in [0.25, 0.3) is 0 Å². The fourth-order valence-electron chi connectivity index (χ4n) is 2.09. The van der Waals surface area contributed by atoms with Gasteiger partial charge in [-0.3, -0.25) is 8.37 Å². The van der Waals surface area contributed by atoms with Crippen LogP contribution in [-0.4, -0.2) is 41.6 Å². The summed E-state index contributed by atoms with van der Waals surface area (Å²) in [6, 6.07) is 0. The van der Waals surface area contributed by atoms with Crippen LogP contribution in [0.3, 0.4) is 0 Å². The zero-order valence-corrected chi connectivity index (χ0v) is 10.5. The van der Waals surface area contributed by atoms with E-state index < -0.39 is 20.2 Å². The average molecular weight is 270 g/mol. The minimum Gasteiger partial charge on any atom is -0.270 e. The molecular formula is C8H14O6S2. The lowest BCUT2D eigenvalue weighted by atomic mass is 9.86. The van der Waals surface area contributed by atoms with E-state index in [4.69, 9.17) is 0 Å². The van der Waals surface area contributed by atoms with Gasteiger partial charge in [-0.2, -0.15) is 16.8 Å². The van der Waals surface area contributed by atoms with Crippen molar-refractivity contribution in [3.63, 3.8) is 0 Å². The molecule has 0 radical (unpaired) electrons. The van der Waals surface area contributed by atoms with Gasteiger partial charge >= 0.3 is 0 Å². The van der Waals surface area contributed by atoms with Crippen molar-refractivity contribution in [3.8, 4) is 0 Å². The van der Waals surface area contributed by atoms with Gasteiger partial charge in [0.1, 0.15) is 0 Å². The highest BCUT2D eigenvalue weighted by Crippen LogP contribution is 2.32. The molecule has 0 saturated carbocycles. The molecule has 0 aromatic rings. The monoisotopic (exact) mass is 270 g/mol. The Bertz CT molecular complexity index is 421. The third-order valence-corrected chi connectivity index (χ3v) is 5.91. The summed E-state index contributed by atoms with van der Waals surface area (Å²) in [6.45, 7) is 2.16. The number of hydrogen-bond acceptors (Lipinski definition) is 6. The Morgan fingerprint density at radius 2 is 1.31 bits per heavy atom. The first-order chi connectivity index (χ1) is 7.29. The van der Waals surface area contributed by atoms with Crippen LogP contribution in [0.15, 0.2) is 0 Å². The number of rotatable bonds is 2. The topological polar surface area (TPSA) is 86.7 Å². The molecule has 2 saturated heterocycles. The lowest BCUT2D eigenvalue weighted by Gasteiger charge is -2.20. The lowest BCUT2D eigenvalue weighted by molar-refractivity contribution is 0.194. The molecule has 0 aliphatic carbocycles. The van der Waals surface area contributed by atoms with Gasteiger partial charge in [-0.25, -0.2) is 0 Å². The molecule has 0 N–H and O–H groups in total. The second-order valence-corrected chi connectivity index (χ2v) is 7.77. The minimum absolute atomic E-state index is 0.0231. The normalized spacial score (nSPS) is 38.6. The van der Waals surface area contributed by atoms with E-state index in [0.29, 0.717) is 0 Å². The summed E-state index contributed by atoms with van der Waals surface area (Å²) in [6.07, 6.45) is 0. The molecule has 2 heterocycles. The highest BCUT2D eigenvalue weighted by atomic mass is 32.2. The first-order valence-electron chi connectivity index (χ1n) is 5.03. The van der Waals surface area contributed by atoms with Gasteiger partial charge in [-0.15, -0.1) is 0 Å². The molecule has 2 atom stereocenters. The SMILES string of the molecule is CC(C1COS(=O)(=O)C1)C1COS(=O)(=O)C1. The summed E-state index contributed by atoms with van der Waals surface area (Å²) >= 11 is 0. The van der Waals surface area contributed by atoms with Crippen molar-refractivity contribution < 1.29 is 25.2 Å². The van der Waals surface area contributed by atoms with Gasteiger partial charge in [-0.1, -0.05) is 6.92 Å². The van der Waals surface area contributed by atoms with E-state index in [2.05, 4.69) is 8.37 Å². The molecule has 2 aliphatic rings. The average Bonchev–Trinajstić information content (AvgIpc) is 2.68. The molecule has 94 valence electrons. The summed E-state index contributed by atoms with van der Waals surface area (Å²) in [5, 5.41) is 0. The summed E-state index contributed by atoms with van der Waals surface area (Å²) < 4.78 is 53.8. The fourth-order valence-corrected chi connectivity index (χ4v) is 4.90. The molecule has 0 aromatic heterocycles. The molecule has 2 aliphatic heterocycles. The van der Waals surface area contributed by atoms with Gasteiger partial charge < -0.3 is 0 Å². The molecule has 8 heteroatoms. The Morgan fingerprint density at radius 1 is 0.938 bits per heavy atom. The Balaban J connectivity index is 2.02. The van der Waals surface area contributed by atoms with E-state index in [1.54, 1.807) is 0 Å². The maximum atomic E-state index is 11.1. The Kier molecular flexibility index (Phi) is 3.02. The van der Waals surface area contributed by atoms with Gasteiger partial charge in [0.05, 0.1) is 24.7 Å². The van der Waals surface area contributed by atoms with Crippen LogP contribution in [0.1, 0.15) is 6.92 Å². The lowest BCUT2D eigenvalue weighted by Crippen LogP contribution is -2.26. The van der Waals surface area contributed by atoms with Crippen molar-refractivity contribution in [2.45, 2.75) is 6.92 Å². The molecule has 2 rings (SSSR count). The highest BCUT2D eigenvalue weighted by Gasteiger charge is 2.40. The zero-order chi connectivity index (χ0) is 12.0. The van der Waals surface area contributed by atoms with Crippen molar-refractivity contribution in [1.29, 1.82) is 0 Å². The minimum atomic E-state index is -3.39. The highest BCUT2D eigenvalue weighted by molar-refractivity contribution is 7.87. The molecule has 0 spiro atoms. The van der Waals surface area contributed by atoms with Gasteiger partial charge in [0.2, 0.25) is 0 Å². The quantitative estimate of drug-likeness (QED) is 0.633. The predicted molar refractivity (Wildman–Crippen MR) is 55.6 cm³/mol. The second-order valence-electron chi connectivity index (χ2n) is 4.40. The Labute approximate surface area is 95.2 Å². The van der Waals surface area contributed by atoms with Gasteiger partial charge in [0.25, 0.3) is 20.2 Å². The summed E-state index contributed by atoms with van der Waals surface area (Å²) in [5.74, 6) is -0.344. The van der Waals surface area contributed by atoms with Crippen LogP contribution in [0.5, 0.6) is 0 Å². The van der Waals surface area contributed by atoms with Crippen molar-refractivity contribution in [1.82, 2.24) is 0 Å². The van der Waals surface area contributed by atoms with Crippen molar-refractivity contribution in [2.24, 2.45) is 17.8 Å². The molecule has 2 fully saturated rings. The standard InChI is InChI=1S/C8H14O6S2/c1-6(7-2-13-15(9,10)4-7)8-3-14-16(11,12)5-8/h6-8H,2-5H2,1H3. The molecule has 2 unspecified atom stereocenters. The van der Waals surface area contributed by atoms with E-state index >= 15 is 0 Å². The van der Waals surface area contributed by atoms with Crippen molar-refractivity contribution in [3.05, 3.63) is 0 Å². The van der Waals surface area contributed by atoms with Crippen LogP contribution in [0.2, 0.25) is 0 Å². The van der Waals surface area contributed by atoms with E-state index in [0.717, 1.165) is 0 Å². The maximum Gasteiger partial charge on any atom is 0.267 e. The van der Waals surface area contributed by atoms with E-state index in [-0.39, 0.29) is 42.5 Å². The second kappa shape index (κ2) is 3.94. The van der Waals surface area contributed by atoms with Crippen LogP contribution in [-0.2, 0) is 28.6 Å². The predicted octanol–water partition coefficient (Wildman–Crippen LogP) is -0.425. The molecular weight excluding hydrogens is 256 g/mol. The zero-order valence-electron chi connectivity index (χ0n) is 8.83. The van der Waals surface area contributed by atoms with Crippen LogP contribution in [0.4, 0.5) is 0 Å². The first-order valence-corrected chi connectivity index (χ1v) is 8.19. The van der Waals surface area contributed by atoms with Gasteiger partial charge in [0, 0.05) is 11.8 Å². The Hall–Kier alpha value is -0.180. The number of hydrogen-bond donors (Lipinski definition) is 0. The van der Waals surface area contributed by atoms with Gasteiger partial charge in [0.15, 0.2) is 0 Å². The van der Waals surface area contributed by atoms with Crippen molar-refractivity contribution in [2.75, 3.05) is 24.7 Å². The van der Waals surface area contributed by atoms with Crippen LogP contribution < -0.4 is 0 Å². The largest absolute Gasteiger partial charge is 0.270 e. The third-order valence-electron chi connectivity index (χ3n) is 3.25. The maximum absolute atomic E-state index is 11.1. The summed E-state index contributed by atoms with van der Waals surface area (Å²) in [4.78, 5) is 0. The van der Waals surface area contributed by atoms with Crippen molar-refractivity contribution >= 4 is 20.2 Å². The van der Waals surface area contributed by atoms with Gasteiger partial charge in [-0.05, 0) is 5.92 Å². The molecule has 0 aromatic carbocycles. The van der Waals surface area contributed by atoms with E-state index in [1.807, 2.05) is 6.92 Å². The van der Waals surface area contributed by atoms with E-state index in [9.17, 15) is 16.8 Å².